The van der Waals surface area contributed by atoms with Gasteiger partial charge in [0.2, 0.25) is 5.91 Å². The SMILES string of the molecule is CC(C)N(Cc1cccnc1)C(=O)CC(N)CC(C)(C)C. The molecule has 4 heteroatoms. The van der Waals surface area contributed by atoms with Crippen molar-refractivity contribution in [3.8, 4) is 0 Å². The number of rotatable bonds is 6. The van der Waals surface area contributed by atoms with E-state index in [0.29, 0.717) is 13.0 Å². The monoisotopic (exact) mass is 291 g/mol. The van der Waals surface area contributed by atoms with Crippen molar-refractivity contribution in [2.45, 2.75) is 66.1 Å². The van der Waals surface area contributed by atoms with Gasteiger partial charge in [-0.25, -0.2) is 0 Å². The third-order valence-corrected chi connectivity index (χ3v) is 3.33. The number of carbonyl (C=O) groups is 1. The summed E-state index contributed by atoms with van der Waals surface area (Å²) in [5.41, 5.74) is 7.32. The van der Waals surface area contributed by atoms with Gasteiger partial charge in [-0.1, -0.05) is 26.8 Å². The van der Waals surface area contributed by atoms with Gasteiger partial charge >= 0.3 is 0 Å². The summed E-state index contributed by atoms with van der Waals surface area (Å²) in [7, 11) is 0. The third kappa shape index (κ3) is 6.71. The molecule has 1 aromatic heterocycles. The molecule has 21 heavy (non-hydrogen) atoms. The van der Waals surface area contributed by atoms with Crippen LogP contribution in [-0.2, 0) is 11.3 Å². The maximum Gasteiger partial charge on any atom is 0.224 e. The second kappa shape index (κ2) is 7.55. The molecule has 118 valence electrons. The van der Waals surface area contributed by atoms with Crippen LogP contribution >= 0.6 is 0 Å². The average Bonchev–Trinajstić information content (AvgIpc) is 2.34. The van der Waals surface area contributed by atoms with Gasteiger partial charge in [0.25, 0.3) is 0 Å². The zero-order valence-corrected chi connectivity index (χ0v) is 14.0. The molecule has 1 aromatic rings. The highest BCUT2D eigenvalue weighted by atomic mass is 16.2. The highest BCUT2D eigenvalue weighted by molar-refractivity contribution is 5.77. The molecule has 0 aliphatic heterocycles. The fraction of sp³-hybridized carbons (Fsp3) is 0.647. The van der Waals surface area contributed by atoms with Crippen LogP contribution in [-0.4, -0.2) is 27.9 Å². The van der Waals surface area contributed by atoms with Crippen LogP contribution in [0.2, 0.25) is 0 Å². The van der Waals surface area contributed by atoms with E-state index in [1.807, 2.05) is 30.9 Å². The zero-order valence-electron chi connectivity index (χ0n) is 14.0. The van der Waals surface area contributed by atoms with Crippen LogP contribution < -0.4 is 5.73 Å². The number of nitrogens with zero attached hydrogens (tertiary/aromatic N) is 2. The van der Waals surface area contributed by atoms with Crippen LogP contribution in [0, 0.1) is 5.41 Å². The van der Waals surface area contributed by atoms with Crippen molar-refractivity contribution in [2.24, 2.45) is 11.1 Å². The van der Waals surface area contributed by atoms with E-state index in [1.54, 1.807) is 12.4 Å². The number of aromatic nitrogens is 1. The van der Waals surface area contributed by atoms with E-state index in [4.69, 9.17) is 5.73 Å². The lowest BCUT2D eigenvalue weighted by atomic mass is 9.87. The van der Waals surface area contributed by atoms with Gasteiger partial charge in [-0.15, -0.1) is 0 Å². The summed E-state index contributed by atoms with van der Waals surface area (Å²) in [5, 5.41) is 0. The Kier molecular flexibility index (Phi) is 6.34. The van der Waals surface area contributed by atoms with Gasteiger partial charge in [-0.3, -0.25) is 9.78 Å². The normalized spacial score (nSPS) is 13.3. The third-order valence-electron chi connectivity index (χ3n) is 3.33. The summed E-state index contributed by atoms with van der Waals surface area (Å²) in [6.07, 6.45) is 4.79. The lowest BCUT2D eigenvalue weighted by Crippen LogP contribution is -2.40. The van der Waals surface area contributed by atoms with Gasteiger partial charge in [0.1, 0.15) is 0 Å². The molecule has 0 aliphatic carbocycles. The van der Waals surface area contributed by atoms with Crippen LogP contribution in [0.3, 0.4) is 0 Å². The maximum absolute atomic E-state index is 12.5. The van der Waals surface area contributed by atoms with Crippen LogP contribution in [0.15, 0.2) is 24.5 Å². The first-order chi connectivity index (χ1) is 9.69. The van der Waals surface area contributed by atoms with Crippen LogP contribution in [0.5, 0.6) is 0 Å². The fourth-order valence-electron chi connectivity index (χ4n) is 2.45. The van der Waals surface area contributed by atoms with Crippen molar-refractivity contribution in [3.05, 3.63) is 30.1 Å². The number of nitrogens with two attached hydrogens (primary N) is 1. The minimum Gasteiger partial charge on any atom is -0.336 e. The Labute approximate surface area is 128 Å². The topological polar surface area (TPSA) is 59.2 Å². The molecule has 0 bridgehead atoms. The second-order valence-corrected chi connectivity index (χ2v) is 7.21. The van der Waals surface area contributed by atoms with E-state index in [9.17, 15) is 4.79 Å². The Hall–Kier alpha value is -1.42. The summed E-state index contributed by atoms with van der Waals surface area (Å²) < 4.78 is 0. The van der Waals surface area contributed by atoms with E-state index in [2.05, 4.69) is 25.8 Å². The lowest BCUT2D eigenvalue weighted by Gasteiger charge is -2.29. The quantitative estimate of drug-likeness (QED) is 0.876. The smallest absolute Gasteiger partial charge is 0.224 e. The van der Waals surface area contributed by atoms with Gasteiger partial charge in [0.15, 0.2) is 0 Å². The Morgan fingerprint density at radius 2 is 2.05 bits per heavy atom. The van der Waals surface area contributed by atoms with Crippen molar-refractivity contribution >= 4 is 5.91 Å². The highest BCUT2D eigenvalue weighted by Crippen LogP contribution is 2.22. The Morgan fingerprint density at radius 1 is 1.38 bits per heavy atom. The zero-order chi connectivity index (χ0) is 16.0. The lowest BCUT2D eigenvalue weighted by molar-refractivity contribution is -0.134. The first-order valence-electron chi connectivity index (χ1n) is 7.63. The van der Waals surface area contributed by atoms with Crippen molar-refractivity contribution in [1.29, 1.82) is 0 Å². The molecule has 0 fully saturated rings. The van der Waals surface area contributed by atoms with Crippen molar-refractivity contribution < 1.29 is 4.79 Å². The van der Waals surface area contributed by atoms with Gasteiger partial charge in [0.05, 0.1) is 0 Å². The molecule has 1 atom stereocenters. The Balaban J connectivity index is 2.66. The molecule has 2 N–H and O–H groups in total. The standard InChI is InChI=1S/C17H29N3O/c1-13(2)20(12-14-7-6-8-19-11-14)16(21)9-15(18)10-17(3,4)5/h6-8,11,13,15H,9-10,12,18H2,1-5H3. The fourth-order valence-corrected chi connectivity index (χ4v) is 2.45. The van der Waals surface area contributed by atoms with Gasteiger partial charge < -0.3 is 10.6 Å². The Morgan fingerprint density at radius 3 is 2.52 bits per heavy atom. The van der Waals surface area contributed by atoms with Gasteiger partial charge in [0, 0.05) is 37.4 Å². The number of hydrogen-bond donors (Lipinski definition) is 1. The summed E-state index contributed by atoms with van der Waals surface area (Å²) >= 11 is 0. The first kappa shape index (κ1) is 17.6. The average molecular weight is 291 g/mol. The first-order valence-corrected chi connectivity index (χ1v) is 7.63. The molecule has 1 unspecified atom stereocenters. The van der Waals surface area contributed by atoms with E-state index < -0.39 is 0 Å². The number of carbonyl (C=O) groups excluding carboxylic acids is 1. The predicted molar refractivity (Wildman–Crippen MR) is 86.6 cm³/mol. The molecule has 0 saturated heterocycles. The second-order valence-electron chi connectivity index (χ2n) is 7.21. The summed E-state index contributed by atoms with van der Waals surface area (Å²) in [6, 6.07) is 3.95. The van der Waals surface area contributed by atoms with Gasteiger partial charge in [-0.05, 0) is 37.3 Å². The van der Waals surface area contributed by atoms with Crippen molar-refractivity contribution in [2.75, 3.05) is 0 Å². The summed E-state index contributed by atoms with van der Waals surface area (Å²) in [4.78, 5) is 18.5. The molecule has 0 aromatic carbocycles. The number of amides is 1. The van der Waals surface area contributed by atoms with Crippen molar-refractivity contribution in [1.82, 2.24) is 9.88 Å². The van der Waals surface area contributed by atoms with E-state index >= 15 is 0 Å². The molecule has 0 spiro atoms. The molecule has 1 heterocycles. The van der Waals surface area contributed by atoms with Crippen LogP contribution in [0.25, 0.3) is 0 Å². The largest absolute Gasteiger partial charge is 0.336 e. The maximum atomic E-state index is 12.5. The van der Waals surface area contributed by atoms with Crippen molar-refractivity contribution in [3.63, 3.8) is 0 Å². The summed E-state index contributed by atoms with van der Waals surface area (Å²) in [6.45, 7) is 11.1. The highest BCUT2D eigenvalue weighted by Gasteiger charge is 2.23. The number of hydrogen-bond acceptors (Lipinski definition) is 3. The van der Waals surface area contributed by atoms with E-state index in [-0.39, 0.29) is 23.4 Å². The Bertz CT molecular complexity index is 437. The molecule has 1 rings (SSSR count). The van der Waals surface area contributed by atoms with Gasteiger partial charge in [-0.2, -0.15) is 0 Å². The number of pyridine rings is 1. The summed E-state index contributed by atoms with van der Waals surface area (Å²) in [5.74, 6) is 0.116. The molecule has 1 amide bonds. The van der Waals surface area contributed by atoms with Crippen LogP contribution in [0.1, 0.15) is 53.0 Å². The predicted octanol–water partition coefficient (Wildman–Crippen LogP) is 2.97. The molecule has 0 radical (unpaired) electrons. The van der Waals surface area contributed by atoms with Crippen LogP contribution in [0.4, 0.5) is 0 Å². The minimum atomic E-state index is -0.0901. The molecule has 0 aliphatic rings. The van der Waals surface area contributed by atoms with E-state index in [1.165, 1.54) is 0 Å². The minimum absolute atomic E-state index is 0.0901. The molecule has 0 saturated carbocycles. The molecular formula is C17H29N3O. The van der Waals surface area contributed by atoms with E-state index in [0.717, 1.165) is 12.0 Å². The molecular weight excluding hydrogens is 262 g/mol. The molecule has 4 nitrogen and oxygen atoms in total.